The second kappa shape index (κ2) is 29.4. The van der Waals surface area contributed by atoms with Crippen molar-refractivity contribution in [3.05, 3.63) is 83.9 Å². The molecule has 0 spiro atoms. The van der Waals surface area contributed by atoms with Crippen molar-refractivity contribution >= 4 is 41.4 Å². The zero-order chi connectivity index (χ0) is 52.1. The summed E-state index contributed by atoms with van der Waals surface area (Å²) in [7, 11) is 6.00. The van der Waals surface area contributed by atoms with Gasteiger partial charge >= 0.3 is 5.97 Å². The summed E-state index contributed by atoms with van der Waals surface area (Å²) in [5, 5.41) is 22.4. The Kier molecular flexibility index (Phi) is 25.4. The normalized spacial score (nSPS) is 15.5. The van der Waals surface area contributed by atoms with Gasteiger partial charge in [-0.2, -0.15) is 0 Å². The molecule has 0 saturated heterocycles. The van der Waals surface area contributed by atoms with Gasteiger partial charge in [0.15, 0.2) is 0 Å². The summed E-state index contributed by atoms with van der Waals surface area (Å²) in [6, 6.07) is 11.1. The van der Waals surface area contributed by atoms with Crippen LogP contribution in [0.5, 0.6) is 0 Å². The Balaban J connectivity index is 2.33. The van der Waals surface area contributed by atoms with Crippen LogP contribution in [0.25, 0.3) is 0 Å². The highest BCUT2D eigenvalue weighted by Gasteiger charge is 2.40. The van der Waals surface area contributed by atoms with Crippen LogP contribution >= 0.6 is 0 Å². The van der Waals surface area contributed by atoms with Crippen molar-refractivity contribution in [2.45, 2.75) is 156 Å². The molecule has 2 aromatic rings. The van der Waals surface area contributed by atoms with Crippen molar-refractivity contribution in [1.29, 1.82) is 0 Å². The predicted molar refractivity (Wildman–Crippen MR) is 269 cm³/mol. The van der Waals surface area contributed by atoms with Crippen molar-refractivity contribution < 1.29 is 43.4 Å². The maximum atomic E-state index is 14.5. The van der Waals surface area contributed by atoms with Crippen molar-refractivity contribution in [3.63, 3.8) is 0 Å². The molecule has 2 aromatic carbocycles. The fourth-order valence-electron chi connectivity index (χ4n) is 7.98. The Bertz CT molecular complexity index is 1980. The molecule has 0 fully saturated rings. The second-order valence-electron chi connectivity index (χ2n) is 19.4. The molecular weight excluding hydrogens is 879 g/mol. The molecule has 0 bridgehead atoms. The highest BCUT2D eigenvalue weighted by Crippen LogP contribution is 2.20. The Hall–Kier alpha value is -5.61. The molecule has 6 amide bonds. The molecule has 0 aliphatic rings. The Morgan fingerprint density at radius 2 is 1.13 bits per heavy atom. The molecule has 0 aliphatic heterocycles. The number of nitrogens with zero attached hydrogens (tertiary/aromatic N) is 3. The molecule has 16 heteroatoms. The fraction of sp³-hybridized carbons (Fsp3) is 0.604. The number of allylic oxidation sites excluding steroid dienone is 2. The van der Waals surface area contributed by atoms with Gasteiger partial charge in [0.1, 0.15) is 48.9 Å². The van der Waals surface area contributed by atoms with Gasteiger partial charge in [0, 0.05) is 27.6 Å². The third-order valence-electron chi connectivity index (χ3n) is 12.5. The molecule has 384 valence electrons. The van der Waals surface area contributed by atoms with E-state index < -0.39 is 95.7 Å². The smallest absolute Gasteiger partial charge is 0.329 e. The molecule has 2 rings (SSSR count). The Morgan fingerprint density at radius 1 is 0.638 bits per heavy atom. The predicted octanol–water partition coefficient (Wildman–Crippen LogP) is 4.64. The van der Waals surface area contributed by atoms with Gasteiger partial charge in [0.2, 0.25) is 35.4 Å². The number of benzene rings is 2. The van der Waals surface area contributed by atoms with Gasteiger partial charge in [0.25, 0.3) is 0 Å². The molecule has 69 heavy (non-hydrogen) atoms. The van der Waals surface area contributed by atoms with Gasteiger partial charge in [-0.1, -0.05) is 128 Å². The number of aliphatic hydroxyl groups excluding tert-OH is 1. The molecule has 0 aromatic heterocycles. The summed E-state index contributed by atoms with van der Waals surface area (Å²) in [4.78, 5) is 102. The van der Waals surface area contributed by atoms with Gasteiger partial charge in [-0.25, -0.2) is 4.79 Å². The minimum Gasteiger partial charge on any atom is -0.459 e. The maximum Gasteiger partial charge on any atom is 0.329 e. The number of amides is 6. The van der Waals surface area contributed by atoms with Crippen LogP contribution in [0.15, 0.2) is 72.8 Å². The van der Waals surface area contributed by atoms with E-state index in [1.807, 2.05) is 114 Å². The number of ether oxygens (including phenoxy) is 1. The molecule has 0 unspecified atom stereocenters. The minimum atomic E-state index is -1.11. The number of esters is 1. The lowest BCUT2D eigenvalue weighted by Crippen LogP contribution is -2.61. The number of rotatable bonds is 28. The minimum absolute atomic E-state index is 0.0110. The van der Waals surface area contributed by atoms with Gasteiger partial charge < -0.3 is 45.8 Å². The summed E-state index contributed by atoms with van der Waals surface area (Å²) in [6.07, 6.45) is 4.13. The molecular formula is C53H83N7O9. The average molecular weight is 962 g/mol. The second-order valence-corrected chi connectivity index (χ2v) is 19.4. The van der Waals surface area contributed by atoms with E-state index in [0.29, 0.717) is 6.42 Å². The fourth-order valence-corrected chi connectivity index (χ4v) is 7.98. The molecule has 0 heterocycles. The monoisotopic (exact) mass is 962 g/mol. The van der Waals surface area contributed by atoms with Crippen molar-refractivity contribution in [2.75, 3.05) is 28.2 Å². The Labute approximate surface area is 411 Å². The molecule has 0 saturated carbocycles. The van der Waals surface area contributed by atoms with Crippen LogP contribution in [0.2, 0.25) is 0 Å². The first-order chi connectivity index (χ1) is 32.5. The van der Waals surface area contributed by atoms with Crippen molar-refractivity contribution in [2.24, 2.45) is 23.7 Å². The van der Waals surface area contributed by atoms with E-state index in [0.717, 1.165) is 11.1 Å². The third-order valence-corrected chi connectivity index (χ3v) is 12.5. The van der Waals surface area contributed by atoms with Crippen LogP contribution in [0.3, 0.4) is 0 Å². The van der Waals surface area contributed by atoms with Gasteiger partial charge in [-0.15, -0.1) is 0 Å². The van der Waals surface area contributed by atoms with Crippen molar-refractivity contribution in [1.82, 2.24) is 36.0 Å². The highest BCUT2D eigenvalue weighted by molar-refractivity contribution is 5.97. The summed E-state index contributed by atoms with van der Waals surface area (Å²) < 4.78 is 5.68. The molecule has 5 N–H and O–H groups in total. The number of hydrogen-bond donors (Lipinski definition) is 5. The van der Waals surface area contributed by atoms with Crippen LogP contribution in [0.4, 0.5) is 0 Å². The zero-order valence-corrected chi connectivity index (χ0v) is 43.7. The number of carbonyl (C=O) groups excluding carboxylic acids is 7. The van der Waals surface area contributed by atoms with E-state index in [1.165, 1.54) is 35.8 Å². The van der Waals surface area contributed by atoms with Crippen LogP contribution in [0.1, 0.15) is 106 Å². The summed E-state index contributed by atoms with van der Waals surface area (Å²) in [5.41, 5.74) is 1.59. The summed E-state index contributed by atoms with van der Waals surface area (Å²) >= 11 is 0. The average Bonchev–Trinajstić information content (AvgIpc) is 3.32. The lowest BCUT2D eigenvalue weighted by Gasteiger charge is -2.37. The van der Waals surface area contributed by atoms with Gasteiger partial charge in [-0.3, -0.25) is 28.8 Å². The van der Waals surface area contributed by atoms with Crippen LogP contribution in [-0.2, 0) is 51.3 Å². The van der Waals surface area contributed by atoms with E-state index in [-0.39, 0.29) is 50.0 Å². The van der Waals surface area contributed by atoms with E-state index in [2.05, 4.69) is 21.3 Å². The SMILES string of the molecule is C/C=C/C[C@@H](C)[C@@H](O)[C@H](NC)C(=O)N[C@@H](CC)C(=O)N(C)[C@H](C)C(=O)N(C)[C@@H](CC(C)C)C(=O)N[C@H](C(=O)N(C)[C@@H](CC(C)C)C(=O)N[C@@H](Cc1ccccc1)C(=O)OCc1ccccc1)C(C)C. The number of hydrogen-bond acceptors (Lipinski definition) is 10. The van der Waals surface area contributed by atoms with Crippen molar-refractivity contribution in [3.8, 4) is 0 Å². The number of aliphatic hydroxyl groups is 1. The zero-order valence-electron chi connectivity index (χ0n) is 43.7. The van der Waals surface area contributed by atoms with Crippen LogP contribution < -0.4 is 21.3 Å². The maximum absolute atomic E-state index is 14.5. The summed E-state index contributed by atoms with van der Waals surface area (Å²) in [6.45, 7) is 18.2. The number of carbonyl (C=O) groups is 7. The lowest BCUT2D eigenvalue weighted by atomic mass is 9.94. The molecule has 0 aliphatic carbocycles. The first-order valence-corrected chi connectivity index (χ1v) is 24.4. The van der Waals surface area contributed by atoms with Gasteiger partial charge in [0.05, 0.1) is 6.10 Å². The molecule has 16 nitrogen and oxygen atoms in total. The number of likely N-dealkylation sites (N-methyl/N-ethyl adjacent to an activating group) is 4. The standard InChI is InChI=1S/C53H83N7O9/c1-15-17-24-36(9)46(61)45(54-11)49(64)55-40(16-2)51(66)58(12)37(10)50(65)59(13)43(30-34(5)6)48(63)57-44(35(7)8)52(67)60(14)42(29-33(3)4)47(62)56-41(31-38-25-20-18-21-26-38)53(68)69-32-39-27-22-19-23-28-39/h15,17-23,25-28,33-37,40-46,54,61H,16,24,29-32H2,1-14H3,(H,55,64)(H,56,62)(H,57,63)/b17-15+/t36-,37-,40+,41+,42+,43+,44+,45+,46-/m1/s1. The van der Waals surface area contributed by atoms with Gasteiger partial charge in [-0.05, 0) is 81.4 Å². The van der Waals surface area contributed by atoms with E-state index >= 15 is 0 Å². The van der Waals surface area contributed by atoms with E-state index in [4.69, 9.17) is 4.74 Å². The first kappa shape index (κ1) is 59.5. The van der Waals surface area contributed by atoms with Crippen LogP contribution in [0, 0.1) is 23.7 Å². The summed E-state index contributed by atoms with van der Waals surface area (Å²) in [5.74, 6) is -4.75. The topological polar surface area (TPSA) is 207 Å². The largest absolute Gasteiger partial charge is 0.459 e. The molecule has 0 radical (unpaired) electrons. The first-order valence-electron chi connectivity index (χ1n) is 24.4. The quantitative estimate of drug-likeness (QED) is 0.0591. The lowest BCUT2D eigenvalue weighted by molar-refractivity contribution is -0.151. The molecule has 9 atom stereocenters. The van der Waals surface area contributed by atoms with Crippen LogP contribution in [-0.4, -0.2) is 138 Å². The third kappa shape index (κ3) is 18.3. The Morgan fingerprint density at radius 3 is 1.61 bits per heavy atom. The number of nitrogens with one attached hydrogen (secondary N) is 4. The highest BCUT2D eigenvalue weighted by atomic mass is 16.5. The van der Waals surface area contributed by atoms with E-state index in [1.54, 1.807) is 34.7 Å². The van der Waals surface area contributed by atoms with E-state index in [9.17, 15) is 38.7 Å².